The zero-order chi connectivity index (χ0) is 11.8. The molecule has 0 aliphatic heterocycles. The highest BCUT2D eigenvalue weighted by Gasteiger charge is 2.30. The topological polar surface area (TPSA) is 17.8 Å². The van der Waals surface area contributed by atoms with Crippen LogP contribution < -0.4 is 0 Å². The maximum Gasteiger partial charge on any atom is 0.0627 e. The van der Waals surface area contributed by atoms with Gasteiger partial charge in [0.1, 0.15) is 0 Å². The Labute approximate surface area is 110 Å². The van der Waals surface area contributed by atoms with Gasteiger partial charge in [-0.1, -0.05) is 40.2 Å². The van der Waals surface area contributed by atoms with Crippen molar-refractivity contribution in [3.8, 4) is 0 Å². The lowest BCUT2D eigenvalue weighted by molar-refractivity contribution is 0.542. The Morgan fingerprint density at radius 1 is 1.35 bits per heavy atom. The first-order valence-electron chi connectivity index (χ1n) is 5.94. The molecule has 88 valence electrons. The average Bonchev–Trinajstić information content (AvgIpc) is 2.86. The zero-order valence-electron chi connectivity index (χ0n) is 9.81. The first kappa shape index (κ1) is 11.0. The number of rotatable bonds is 2. The van der Waals surface area contributed by atoms with Gasteiger partial charge in [-0.3, -0.25) is 4.68 Å². The molecular formula is C14H15BrN2. The summed E-state index contributed by atoms with van der Waals surface area (Å²) in [4.78, 5) is 0.473. The molecule has 2 unspecified atom stereocenters. The Morgan fingerprint density at radius 2 is 2.18 bits per heavy atom. The van der Waals surface area contributed by atoms with Crippen LogP contribution in [0.25, 0.3) is 0 Å². The Hall–Kier alpha value is -1.09. The van der Waals surface area contributed by atoms with Crippen LogP contribution in [0.5, 0.6) is 0 Å². The monoisotopic (exact) mass is 290 g/mol. The second-order valence-corrected chi connectivity index (χ2v) is 5.74. The van der Waals surface area contributed by atoms with E-state index in [0.29, 0.717) is 10.7 Å². The van der Waals surface area contributed by atoms with Crippen molar-refractivity contribution >= 4 is 15.9 Å². The second-order valence-electron chi connectivity index (χ2n) is 4.75. The van der Waals surface area contributed by atoms with Crippen LogP contribution in [-0.4, -0.2) is 9.78 Å². The van der Waals surface area contributed by atoms with Crippen molar-refractivity contribution in [1.82, 2.24) is 9.78 Å². The molecule has 0 spiro atoms. The van der Waals surface area contributed by atoms with Crippen LogP contribution in [0.4, 0.5) is 0 Å². The molecule has 3 rings (SSSR count). The number of nitrogens with zero attached hydrogens (tertiary/aromatic N) is 2. The number of aromatic nitrogens is 2. The van der Waals surface area contributed by atoms with Crippen LogP contribution in [0.3, 0.4) is 0 Å². The molecule has 2 atom stereocenters. The molecule has 0 saturated carbocycles. The maximum atomic E-state index is 4.47. The minimum Gasteiger partial charge on any atom is -0.276 e. The fourth-order valence-electron chi connectivity index (χ4n) is 2.65. The lowest BCUT2D eigenvalue weighted by Gasteiger charge is -2.12. The summed E-state index contributed by atoms with van der Waals surface area (Å²) in [6.45, 7) is 0. The SMILES string of the molecule is Cn1ccc(CC2Cc3ccccc3C2Br)n1. The van der Waals surface area contributed by atoms with Crippen LogP contribution >= 0.6 is 15.9 Å². The molecule has 1 aliphatic carbocycles. The molecule has 0 fully saturated rings. The van der Waals surface area contributed by atoms with Crippen molar-refractivity contribution in [2.75, 3.05) is 0 Å². The van der Waals surface area contributed by atoms with Gasteiger partial charge in [0.05, 0.1) is 5.69 Å². The van der Waals surface area contributed by atoms with E-state index >= 15 is 0 Å². The number of hydrogen-bond donors (Lipinski definition) is 0. The average molecular weight is 291 g/mol. The molecular weight excluding hydrogens is 276 g/mol. The Bertz CT molecular complexity index is 533. The van der Waals surface area contributed by atoms with Gasteiger partial charge in [-0.05, 0) is 36.0 Å². The molecule has 0 bridgehead atoms. The Kier molecular flexibility index (Phi) is 2.79. The summed E-state index contributed by atoms with van der Waals surface area (Å²) < 4.78 is 1.88. The summed E-state index contributed by atoms with van der Waals surface area (Å²) >= 11 is 3.83. The highest BCUT2D eigenvalue weighted by molar-refractivity contribution is 9.09. The molecule has 1 aromatic carbocycles. The number of benzene rings is 1. The molecule has 3 heteroatoms. The molecule has 1 heterocycles. The Balaban J connectivity index is 1.80. The van der Waals surface area contributed by atoms with Gasteiger partial charge in [0.25, 0.3) is 0 Å². The smallest absolute Gasteiger partial charge is 0.0627 e. The van der Waals surface area contributed by atoms with Gasteiger partial charge in [0.15, 0.2) is 0 Å². The molecule has 17 heavy (non-hydrogen) atoms. The summed E-state index contributed by atoms with van der Waals surface area (Å²) in [5.41, 5.74) is 4.12. The van der Waals surface area contributed by atoms with E-state index in [1.165, 1.54) is 16.8 Å². The third-order valence-corrected chi connectivity index (χ3v) is 4.73. The summed E-state index contributed by atoms with van der Waals surface area (Å²) in [7, 11) is 1.97. The first-order chi connectivity index (χ1) is 8.24. The van der Waals surface area contributed by atoms with Crippen molar-refractivity contribution in [2.45, 2.75) is 17.7 Å². The van der Waals surface area contributed by atoms with E-state index in [0.717, 1.165) is 12.8 Å². The number of aryl methyl sites for hydroxylation is 1. The van der Waals surface area contributed by atoms with Crippen LogP contribution in [-0.2, 0) is 19.9 Å². The summed E-state index contributed by atoms with van der Waals surface area (Å²) in [5, 5.41) is 4.47. The van der Waals surface area contributed by atoms with Crippen molar-refractivity contribution in [3.05, 3.63) is 53.3 Å². The van der Waals surface area contributed by atoms with E-state index in [4.69, 9.17) is 0 Å². The minimum atomic E-state index is 0.473. The normalized spacial score (nSPS) is 22.7. The van der Waals surface area contributed by atoms with Gasteiger partial charge in [0, 0.05) is 18.1 Å². The van der Waals surface area contributed by atoms with E-state index in [9.17, 15) is 0 Å². The van der Waals surface area contributed by atoms with Crippen LogP contribution in [0.1, 0.15) is 21.6 Å². The molecule has 2 nitrogen and oxygen atoms in total. The summed E-state index contributed by atoms with van der Waals surface area (Å²) in [5.74, 6) is 0.627. The van der Waals surface area contributed by atoms with Crippen molar-refractivity contribution in [2.24, 2.45) is 13.0 Å². The van der Waals surface area contributed by atoms with Crippen molar-refractivity contribution < 1.29 is 0 Å². The van der Waals surface area contributed by atoms with E-state index in [1.54, 1.807) is 0 Å². The standard InChI is InChI=1S/C14H15BrN2/c1-17-7-6-12(16-17)9-11-8-10-4-2-3-5-13(10)14(11)15/h2-7,11,14H,8-9H2,1H3. The van der Waals surface area contributed by atoms with Gasteiger partial charge < -0.3 is 0 Å². The second kappa shape index (κ2) is 4.30. The van der Waals surface area contributed by atoms with Gasteiger partial charge in [-0.15, -0.1) is 0 Å². The van der Waals surface area contributed by atoms with E-state index in [-0.39, 0.29) is 0 Å². The highest BCUT2D eigenvalue weighted by atomic mass is 79.9. The third kappa shape index (κ3) is 2.04. The van der Waals surface area contributed by atoms with Crippen LogP contribution in [0.15, 0.2) is 36.5 Å². The van der Waals surface area contributed by atoms with Gasteiger partial charge in [-0.2, -0.15) is 5.10 Å². The number of halogens is 1. The molecule has 0 radical (unpaired) electrons. The van der Waals surface area contributed by atoms with Crippen LogP contribution in [0, 0.1) is 5.92 Å². The van der Waals surface area contributed by atoms with Gasteiger partial charge in [-0.25, -0.2) is 0 Å². The molecule has 0 N–H and O–H groups in total. The quantitative estimate of drug-likeness (QED) is 0.776. The highest BCUT2D eigenvalue weighted by Crippen LogP contribution is 2.43. The van der Waals surface area contributed by atoms with Gasteiger partial charge >= 0.3 is 0 Å². The fourth-order valence-corrected chi connectivity index (χ4v) is 3.47. The first-order valence-corrected chi connectivity index (χ1v) is 6.86. The Morgan fingerprint density at radius 3 is 2.88 bits per heavy atom. The van der Waals surface area contributed by atoms with E-state index in [2.05, 4.69) is 51.4 Å². The lowest BCUT2D eigenvalue weighted by atomic mass is 10.0. The number of hydrogen-bond acceptors (Lipinski definition) is 1. The molecule has 0 saturated heterocycles. The minimum absolute atomic E-state index is 0.473. The van der Waals surface area contributed by atoms with E-state index < -0.39 is 0 Å². The lowest BCUT2D eigenvalue weighted by Crippen LogP contribution is -2.07. The van der Waals surface area contributed by atoms with Crippen LogP contribution in [0.2, 0.25) is 0 Å². The van der Waals surface area contributed by atoms with Gasteiger partial charge in [0.2, 0.25) is 0 Å². The molecule has 1 aromatic heterocycles. The largest absolute Gasteiger partial charge is 0.276 e. The zero-order valence-corrected chi connectivity index (χ0v) is 11.4. The summed E-state index contributed by atoms with van der Waals surface area (Å²) in [6.07, 6.45) is 4.22. The molecule has 2 aromatic rings. The number of fused-ring (bicyclic) bond motifs is 1. The molecule has 1 aliphatic rings. The maximum absolute atomic E-state index is 4.47. The fraction of sp³-hybridized carbons (Fsp3) is 0.357. The van der Waals surface area contributed by atoms with Crippen molar-refractivity contribution in [1.29, 1.82) is 0 Å². The predicted molar refractivity (Wildman–Crippen MR) is 72.2 cm³/mol. The van der Waals surface area contributed by atoms with Crippen molar-refractivity contribution in [3.63, 3.8) is 0 Å². The molecule has 0 amide bonds. The van der Waals surface area contributed by atoms with E-state index in [1.807, 2.05) is 17.9 Å². The summed E-state index contributed by atoms with van der Waals surface area (Å²) in [6, 6.07) is 10.8. The number of alkyl halides is 1. The predicted octanol–water partition coefficient (Wildman–Crippen LogP) is 3.27. The third-order valence-electron chi connectivity index (χ3n) is 3.49.